The van der Waals surface area contributed by atoms with Crippen LogP contribution in [0, 0.1) is 0 Å². The number of ether oxygens (including phenoxy) is 3. The first-order valence-corrected chi connectivity index (χ1v) is 17.7. The van der Waals surface area contributed by atoms with Crippen LogP contribution >= 0.6 is 23.4 Å². The van der Waals surface area contributed by atoms with Crippen molar-refractivity contribution in [1.82, 2.24) is 25.6 Å². The minimum atomic E-state index is -0.945. The van der Waals surface area contributed by atoms with Gasteiger partial charge in [0.25, 0.3) is 0 Å². The smallest absolute Gasteiger partial charge is 0.205 e. The highest BCUT2D eigenvalue weighted by molar-refractivity contribution is 7.99. The molecule has 0 amide bonds. The molecule has 0 saturated carbocycles. The van der Waals surface area contributed by atoms with E-state index in [4.69, 9.17) is 25.8 Å². The largest absolute Gasteiger partial charge is 0.491 e. The second kappa shape index (κ2) is 16.1. The monoisotopic (exact) mass is 690 g/mol. The van der Waals surface area contributed by atoms with Crippen molar-refractivity contribution in [2.45, 2.75) is 43.4 Å². The average Bonchev–Trinajstić information content (AvgIpc) is 3.75. The molecular weight excluding hydrogens is 648 g/mol. The molecule has 2 N–H and O–H groups in total. The Hall–Kier alpha value is -3.81. The first kappa shape index (κ1) is 34.1. The van der Waals surface area contributed by atoms with Gasteiger partial charge in [0.1, 0.15) is 31.1 Å². The molecule has 2 saturated heterocycles. The van der Waals surface area contributed by atoms with Gasteiger partial charge in [-0.2, -0.15) is 0 Å². The van der Waals surface area contributed by atoms with E-state index in [-0.39, 0.29) is 6.10 Å². The van der Waals surface area contributed by atoms with E-state index >= 15 is 0 Å². The third-order valence-electron chi connectivity index (χ3n) is 8.56. The maximum atomic E-state index is 6.55. The highest BCUT2D eigenvalue weighted by Crippen LogP contribution is 2.39. The number of aryl methyl sites for hydroxylation is 1. The third kappa shape index (κ3) is 8.61. The number of anilines is 2. The van der Waals surface area contributed by atoms with E-state index in [1.165, 1.54) is 23.1 Å². The number of thioether (sulfide) groups is 1. The number of aliphatic imine (C=N–C) groups is 1. The van der Waals surface area contributed by atoms with Gasteiger partial charge in [0.2, 0.25) is 5.79 Å². The topological polar surface area (TPSA) is 101 Å². The number of nitrogens with zero attached hydrogens (tertiary/aromatic N) is 6. The maximum absolute atomic E-state index is 6.55. The summed E-state index contributed by atoms with van der Waals surface area (Å²) in [6.07, 6.45) is 4.19. The molecule has 0 bridgehead atoms. The Kier molecular flexibility index (Phi) is 11.4. The van der Waals surface area contributed by atoms with Gasteiger partial charge in [0, 0.05) is 61.2 Å². The molecule has 3 atom stereocenters. The minimum Gasteiger partial charge on any atom is -0.491 e. The third-order valence-corrected chi connectivity index (χ3v) is 9.96. The number of hydrogen-bond acceptors (Lipinski definition) is 10. The molecule has 254 valence electrons. The van der Waals surface area contributed by atoms with Gasteiger partial charge < -0.3 is 34.0 Å². The van der Waals surface area contributed by atoms with Crippen LogP contribution in [-0.4, -0.2) is 78.4 Å². The van der Waals surface area contributed by atoms with Crippen LogP contribution in [0.25, 0.3) is 0 Å². The molecule has 0 radical (unpaired) electrons. The predicted molar refractivity (Wildman–Crippen MR) is 193 cm³/mol. The first-order valence-electron chi connectivity index (χ1n) is 16.3. The molecule has 2 fully saturated rings. The van der Waals surface area contributed by atoms with E-state index < -0.39 is 5.79 Å². The van der Waals surface area contributed by atoms with Gasteiger partial charge in [0.15, 0.2) is 5.16 Å². The first-order chi connectivity index (χ1) is 23.4. The molecule has 2 unspecified atom stereocenters. The van der Waals surface area contributed by atoms with Gasteiger partial charge in [-0.25, -0.2) is 10.4 Å². The number of benzene rings is 3. The van der Waals surface area contributed by atoms with E-state index in [0.717, 1.165) is 54.8 Å². The Morgan fingerprint density at radius 1 is 1.02 bits per heavy atom. The molecule has 6 rings (SSSR count). The van der Waals surface area contributed by atoms with E-state index in [2.05, 4.69) is 86.1 Å². The van der Waals surface area contributed by atoms with Crippen LogP contribution < -0.4 is 25.4 Å². The summed E-state index contributed by atoms with van der Waals surface area (Å²) in [4.78, 5) is 9.31. The van der Waals surface area contributed by atoms with Crippen molar-refractivity contribution in [1.29, 1.82) is 0 Å². The van der Waals surface area contributed by atoms with Crippen molar-refractivity contribution < 1.29 is 14.2 Å². The fraction of sp³-hybridized carbons (Fsp3) is 0.400. The molecular formula is C35H43ClN8O3S. The molecule has 0 aliphatic carbocycles. The number of rotatable bonds is 14. The van der Waals surface area contributed by atoms with Crippen LogP contribution in [0.5, 0.6) is 5.75 Å². The molecule has 11 nitrogen and oxygen atoms in total. The van der Waals surface area contributed by atoms with Crippen LogP contribution in [0.1, 0.15) is 25.8 Å². The molecule has 4 aromatic rings. The quantitative estimate of drug-likeness (QED) is 0.0732. The Labute approximate surface area is 291 Å². The van der Waals surface area contributed by atoms with Crippen molar-refractivity contribution in [3.63, 3.8) is 0 Å². The zero-order chi connectivity index (χ0) is 33.3. The lowest BCUT2D eigenvalue weighted by molar-refractivity contribution is -0.160. The maximum Gasteiger partial charge on any atom is 0.205 e. The molecule has 13 heteroatoms. The molecule has 3 heterocycles. The van der Waals surface area contributed by atoms with Crippen molar-refractivity contribution in [2.24, 2.45) is 12.0 Å². The summed E-state index contributed by atoms with van der Waals surface area (Å²) in [6.45, 7) is 8.83. The normalized spacial score (nSPS) is 20.4. The van der Waals surface area contributed by atoms with Crippen molar-refractivity contribution in [3.05, 3.63) is 89.7 Å². The second-order valence-electron chi connectivity index (χ2n) is 12.0. The van der Waals surface area contributed by atoms with Crippen molar-refractivity contribution in [3.8, 4) is 5.75 Å². The number of aromatic nitrogens is 3. The summed E-state index contributed by atoms with van der Waals surface area (Å²) in [5, 5.41) is 9.62. The second-order valence-corrected chi connectivity index (χ2v) is 13.4. The fourth-order valence-electron chi connectivity index (χ4n) is 5.53. The summed E-state index contributed by atoms with van der Waals surface area (Å²) in [5.74, 6) is 0.361. The number of hydrazine groups is 1. The molecule has 48 heavy (non-hydrogen) atoms. The van der Waals surface area contributed by atoms with Gasteiger partial charge in [-0.1, -0.05) is 42.4 Å². The van der Waals surface area contributed by atoms with Crippen LogP contribution in [-0.2, 0) is 22.3 Å². The van der Waals surface area contributed by atoms with Crippen molar-refractivity contribution in [2.75, 3.05) is 54.9 Å². The van der Waals surface area contributed by atoms with Gasteiger partial charge in [-0.3, -0.25) is 0 Å². The lowest BCUT2D eigenvalue weighted by Gasteiger charge is -2.37. The summed E-state index contributed by atoms with van der Waals surface area (Å²) in [5.41, 5.74) is 10.5. The van der Waals surface area contributed by atoms with Crippen LogP contribution in [0.3, 0.4) is 0 Å². The zero-order valence-electron chi connectivity index (χ0n) is 27.6. The number of nitrogens with one attached hydrogen (secondary N) is 2. The number of hydrogen-bond donors (Lipinski definition) is 2. The minimum absolute atomic E-state index is 0.238. The Bertz CT molecular complexity index is 1610. The molecule has 3 aromatic carbocycles. The zero-order valence-corrected chi connectivity index (χ0v) is 29.2. The summed E-state index contributed by atoms with van der Waals surface area (Å²) in [7, 11) is 1.92. The Morgan fingerprint density at radius 3 is 2.31 bits per heavy atom. The lowest BCUT2D eigenvalue weighted by Crippen LogP contribution is -2.46. The molecule has 1 aromatic heterocycles. The predicted octanol–water partition coefficient (Wildman–Crippen LogP) is 5.79. The van der Waals surface area contributed by atoms with E-state index in [1.807, 2.05) is 48.0 Å². The SMILES string of the molecule is CCC(C)NNC=Nc1ccc(N2CCN(c3ccc(OCC4CO[C@@](CSc5nncn5C)(c5ccc(Cl)cc5)O4)cc3)CC2)cc1. The van der Waals surface area contributed by atoms with Crippen molar-refractivity contribution >= 4 is 46.8 Å². The Balaban J connectivity index is 0.976. The van der Waals surface area contributed by atoms with E-state index in [0.29, 0.717) is 30.0 Å². The van der Waals surface area contributed by atoms with Gasteiger partial charge in [0.05, 0.1) is 18.0 Å². The molecule has 2 aliphatic rings. The highest BCUT2D eigenvalue weighted by atomic mass is 35.5. The summed E-state index contributed by atoms with van der Waals surface area (Å²) >= 11 is 7.70. The van der Waals surface area contributed by atoms with Crippen LogP contribution in [0.4, 0.5) is 17.1 Å². The lowest BCUT2D eigenvalue weighted by atomic mass is 10.1. The van der Waals surface area contributed by atoms with E-state index in [1.54, 1.807) is 12.7 Å². The van der Waals surface area contributed by atoms with E-state index in [9.17, 15) is 0 Å². The standard InChI is InChI=1S/C35H43ClN8O3S/c1-4-26(2)40-38-24-37-29-9-11-30(12-10-29)43-17-19-44(20-18-43)31-13-15-32(16-14-31)45-21-33-22-46-35(47-33,27-5-7-28(36)8-6-27)23-48-34-41-39-25-42(34)3/h5-16,24-26,33,40H,4,17-23H2,1-3H3,(H,37,38)/t26?,33?,35-/m1/s1. The molecule has 0 spiro atoms. The summed E-state index contributed by atoms with van der Waals surface area (Å²) in [6, 6.07) is 24.7. The molecule has 2 aliphatic heterocycles. The van der Waals surface area contributed by atoms with Gasteiger partial charge in [-0.05, 0) is 74.0 Å². The Morgan fingerprint density at radius 2 is 1.69 bits per heavy atom. The number of halogens is 1. The van der Waals surface area contributed by atoms with Gasteiger partial charge in [-0.15, -0.1) is 10.2 Å². The van der Waals surface area contributed by atoms with Crippen LogP contribution in [0.15, 0.2) is 89.3 Å². The average molecular weight is 691 g/mol. The summed E-state index contributed by atoms with van der Waals surface area (Å²) < 4.78 is 20.9. The van der Waals surface area contributed by atoms with Gasteiger partial charge >= 0.3 is 0 Å². The number of piperazine rings is 1. The fourth-order valence-corrected chi connectivity index (χ4v) is 6.65. The highest BCUT2D eigenvalue weighted by Gasteiger charge is 2.44. The van der Waals surface area contributed by atoms with Crippen LogP contribution in [0.2, 0.25) is 5.02 Å².